The van der Waals surface area contributed by atoms with Crippen LogP contribution in [0.3, 0.4) is 0 Å². The Morgan fingerprint density at radius 2 is 1.76 bits per heavy atom. The molecule has 0 aliphatic carbocycles. The molecular formula is C31H46N6O4. The SMILES string of the molecule is CNCN(CNC)C(=O)OCOC1=Nc2cc(OCCCCN3CCN(c4cccc(C)c4C)CC3)ccc2CC1. The largest absolute Gasteiger partial charge is 0.494 e. The Kier molecular flexibility index (Phi) is 11.7. The summed E-state index contributed by atoms with van der Waals surface area (Å²) in [5, 5.41) is 5.88. The van der Waals surface area contributed by atoms with Gasteiger partial charge in [0.2, 0.25) is 6.79 Å². The Bertz CT molecular complexity index is 1160. The smallest absolute Gasteiger partial charge is 0.414 e. The van der Waals surface area contributed by atoms with E-state index in [1.54, 1.807) is 14.1 Å². The van der Waals surface area contributed by atoms with Gasteiger partial charge in [0.25, 0.3) is 0 Å². The minimum Gasteiger partial charge on any atom is -0.494 e. The first-order valence-electron chi connectivity index (χ1n) is 14.7. The Labute approximate surface area is 244 Å². The molecule has 0 saturated carbocycles. The molecule has 224 valence electrons. The fraction of sp³-hybridized carbons (Fsp3) is 0.548. The van der Waals surface area contributed by atoms with E-state index in [0.29, 0.717) is 32.3 Å². The van der Waals surface area contributed by atoms with Gasteiger partial charge in [0.1, 0.15) is 5.75 Å². The van der Waals surface area contributed by atoms with Crippen molar-refractivity contribution in [2.75, 3.05) is 78.5 Å². The van der Waals surface area contributed by atoms with Gasteiger partial charge in [-0.2, -0.15) is 0 Å². The van der Waals surface area contributed by atoms with Crippen LogP contribution in [0.25, 0.3) is 0 Å². The monoisotopic (exact) mass is 566 g/mol. The van der Waals surface area contributed by atoms with Crippen molar-refractivity contribution < 1.29 is 19.0 Å². The molecule has 2 aliphatic heterocycles. The molecule has 1 fully saturated rings. The number of anilines is 1. The summed E-state index contributed by atoms with van der Waals surface area (Å²) in [6.45, 7) is 11.1. The molecule has 0 spiro atoms. The number of nitrogens with one attached hydrogen (secondary N) is 2. The molecule has 0 bridgehead atoms. The van der Waals surface area contributed by atoms with Gasteiger partial charge in [-0.1, -0.05) is 18.2 Å². The minimum absolute atomic E-state index is 0.173. The Hall–Kier alpha value is -3.34. The van der Waals surface area contributed by atoms with Gasteiger partial charge in [0.15, 0.2) is 5.90 Å². The van der Waals surface area contributed by atoms with Crippen molar-refractivity contribution in [1.82, 2.24) is 20.4 Å². The van der Waals surface area contributed by atoms with E-state index in [4.69, 9.17) is 14.2 Å². The molecule has 41 heavy (non-hydrogen) atoms. The zero-order chi connectivity index (χ0) is 29.0. The van der Waals surface area contributed by atoms with Crippen LogP contribution in [0.1, 0.15) is 36.0 Å². The van der Waals surface area contributed by atoms with Crippen molar-refractivity contribution in [3.63, 3.8) is 0 Å². The van der Waals surface area contributed by atoms with Gasteiger partial charge in [-0.3, -0.25) is 9.80 Å². The fourth-order valence-corrected chi connectivity index (χ4v) is 5.21. The molecule has 2 N–H and O–H groups in total. The molecule has 1 saturated heterocycles. The summed E-state index contributed by atoms with van der Waals surface area (Å²) in [7, 11) is 3.55. The number of hydrogen-bond donors (Lipinski definition) is 2. The lowest BCUT2D eigenvalue weighted by Gasteiger charge is -2.37. The van der Waals surface area contributed by atoms with Crippen LogP contribution in [0.4, 0.5) is 16.2 Å². The maximum atomic E-state index is 12.2. The third kappa shape index (κ3) is 8.82. The van der Waals surface area contributed by atoms with Crippen molar-refractivity contribution in [2.45, 2.75) is 39.5 Å². The topological polar surface area (TPSA) is 90.9 Å². The van der Waals surface area contributed by atoms with E-state index in [9.17, 15) is 4.79 Å². The van der Waals surface area contributed by atoms with Crippen molar-refractivity contribution in [1.29, 1.82) is 0 Å². The molecule has 0 aromatic heterocycles. The molecule has 0 radical (unpaired) electrons. The molecule has 1 amide bonds. The number of unbranched alkanes of at least 4 members (excludes halogenated alkanes) is 1. The van der Waals surface area contributed by atoms with Crippen LogP contribution < -0.4 is 20.3 Å². The summed E-state index contributed by atoms with van der Waals surface area (Å²) in [4.78, 5) is 23.4. The van der Waals surface area contributed by atoms with E-state index in [-0.39, 0.29) is 6.79 Å². The molecule has 0 atom stereocenters. The zero-order valence-corrected chi connectivity index (χ0v) is 25.1. The standard InChI is InChI=1S/C31H46N6O4/c1-24-8-7-9-29(25(24)2)36-17-15-35(16-18-36)14-5-6-19-39-27-12-10-26-11-13-30(34-28(26)20-27)40-23-41-31(38)37(21-32-3)22-33-4/h7-10,12,20,32-33H,5-6,11,13-19,21-23H2,1-4H3. The molecule has 2 aromatic carbocycles. The highest BCUT2D eigenvalue weighted by atomic mass is 16.7. The van der Waals surface area contributed by atoms with Gasteiger partial charge in [0.05, 0.1) is 25.6 Å². The average molecular weight is 567 g/mol. The summed E-state index contributed by atoms with van der Waals surface area (Å²) in [5.41, 5.74) is 6.15. The fourth-order valence-electron chi connectivity index (χ4n) is 5.21. The number of hydrogen-bond acceptors (Lipinski definition) is 9. The number of amides is 1. The highest BCUT2D eigenvalue weighted by Crippen LogP contribution is 2.30. The highest BCUT2D eigenvalue weighted by Gasteiger charge is 2.19. The molecule has 10 nitrogen and oxygen atoms in total. The minimum atomic E-state index is -0.458. The molecule has 10 heteroatoms. The first kappa shape index (κ1) is 30.6. The maximum absolute atomic E-state index is 12.2. The quantitative estimate of drug-likeness (QED) is 0.278. The van der Waals surface area contributed by atoms with Crippen LogP contribution in [0.5, 0.6) is 5.75 Å². The summed E-state index contributed by atoms with van der Waals surface area (Å²) in [6, 6.07) is 12.7. The summed E-state index contributed by atoms with van der Waals surface area (Å²) < 4.78 is 17.0. The summed E-state index contributed by atoms with van der Waals surface area (Å²) >= 11 is 0. The van der Waals surface area contributed by atoms with Gasteiger partial charge in [-0.25, -0.2) is 9.79 Å². The number of ether oxygens (including phenoxy) is 3. The van der Waals surface area contributed by atoms with Crippen molar-refractivity contribution in [2.24, 2.45) is 4.99 Å². The number of nitrogens with zero attached hydrogens (tertiary/aromatic N) is 4. The average Bonchev–Trinajstić information content (AvgIpc) is 2.98. The van der Waals surface area contributed by atoms with Crippen LogP contribution in [-0.4, -0.2) is 95.3 Å². The van der Waals surface area contributed by atoms with Gasteiger partial charge in [-0.15, -0.1) is 0 Å². The molecule has 2 aliphatic rings. The van der Waals surface area contributed by atoms with Crippen LogP contribution in [0.2, 0.25) is 0 Å². The Morgan fingerprint density at radius 1 is 0.976 bits per heavy atom. The number of benzene rings is 2. The van der Waals surface area contributed by atoms with Crippen LogP contribution in [0.15, 0.2) is 41.4 Å². The van der Waals surface area contributed by atoms with Gasteiger partial charge < -0.3 is 29.7 Å². The van der Waals surface area contributed by atoms with E-state index in [0.717, 1.165) is 69.0 Å². The second-order valence-electron chi connectivity index (χ2n) is 10.6. The van der Waals surface area contributed by atoms with E-state index < -0.39 is 6.09 Å². The van der Waals surface area contributed by atoms with Gasteiger partial charge in [0, 0.05) is 44.4 Å². The summed E-state index contributed by atoms with van der Waals surface area (Å²) in [5.74, 6) is 1.38. The van der Waals surface area contributed by atoms with Gasteiger partial charge in [-0.05, 0) is 82.6 Å². The van der Waals surface area contributed by atoms with E-state index in [1.807, 2.05) is 12.1 Å². The summed E-state index contributed by atoms with van der Waals surface area (Å²) in [6.07, 6.45) is 3.16. The molecule has 4 rings (SSSR count). The predicted octanol–water partition coefficient (Wildman–Crippen LogP) is 4.03. The van der Waals surface area contributed by atoms with E-state index in [2.05, 4.69) is 63.5 Å². The first-order chi connectivity index (χ1) is 20.0. The van der Waals surface area contributed by atoms with Crippen LogP contribution in [-0.2, 0) is 15.9 Å². The van der Waals surface area contributed by atoms with Crippen LogP contribution in [0, 0.1) is 13.8 Å². The Balaban J connectivity index is 1.15. The second-order valence-corrected chi connectivity index (χ2v) is 10.6. The zero-order valence-electron chi connectivity index (χ0n) is 25.1. The van der Waals surface area contributed by atoms with E-state index in [1.165, 1.54) is 21.7 Å². The van der Waals surface area contributed by atoms with E-state index >= 15 is 0 Å². The first-order valence-corrected chi connectivity index (χ1v) is 14.7. The number of carbonyl (C=O) groups is 1. The molecule has 0 unspecified atom stereocenters. The third-order valence-electron chi connectivity index (χ3n) is 7.70. The molecule has 2 aromatic rings. The second kappa shape index (κ2) is 15.6. The number of rotatable bonds is 13. The number of fused-ring (bicyclic) bond motifs is 1. The molecular weight excluding hydrogens is 520 g/mol. The molecule has 2 heterocycles. The van der Waals surface area contributed by atoms with Gasteiger partial charge >= 0.3 is 6.09 Å². The number of aryl methyl sites for hydroxylation is 2. The van der Waals surface area contributed by atoms with Crippen molar-refractivity contribution in [3.05, 3.63) is 53.1 Å². The number of aliphatic imine (C=N–C) groups is 1. The maximum Gasteiger partial charge on any atom is 0.414 e. The highest BCUT2D eigenvalue weighted by molar-refractivity contribution is 5.82. The van der Waals surface area contributed by atoms with Crippen LogP contribution >= 0.6 is 0 Å². The predicted molar refractivity (Wildman–Crippen MR) is 163 cm³/mol. The number of carbonyl (C=O) groups excluding carboxylic acids is 1. The lowest BCUT2D eigenvalue weighted by Crippen LogP contribution is -2.46. The number of piperazine rings is 1. The Morgan fingerprint density at radius 3 is 2.51 bits per heavy atom. The lowest BCUT2D eigenvalue weighted by molar-refractivity contribution is 0.0256. The normalized spacial score (nSPS) is 15.2. The third-order valence-corrected chi connectivity index (χ3v) is 7.70. The van der Waals surface area contributed by atoms with Crippen molar-refractivity contribution >= 4 is 23.4 Å². The van der Waals surface area contributed by atoms with Crippen molar-refractivity contribution in [3.8, 4) is 5.75 Å². The lowest BCUT2D eigenvalue weighted by atomic mass is 10.0.